The maximum Gasteiger partial charge on any atom is 0.111 e. The van der Waals surface area contributed by atoms with Gasteiger partial charge in [-0.1, -0.05) is 65.5 Å². The van der Waals surface area contributed by atoms with Crippen LogP contribution in [0.1, 0.15) is 0 Å². The Morgan fingerprint density at radius 3 is 0.737 bits per heavy atom. The summed E-state index contributed by atoms with van der Waals surface area (Å²) < 4.78 is 5.26. The molecule has 0 radical (unpaired) electrons. The summed E-state index contributed by atoms with van der Waals surface area (Å²) in [5.41, 5.74) is 0. The fraction of sp³-hybridized carbons (Fsp3) is 1.00. The number of nitrogens with zero attached hydrogens (tertiary/aromatic N) is 2. The van der Waals surface area contributed by atoms with E-state index < -0.39 is 34.4 Å². The van der Waals surface area contributed by atoms with Crippen molar-refractivity contribution in [3.8, 4) is 0 Å². The summed E-state index contributed by atoms with van der Waals surface area (Å²) in [6.07, 6.45) is 0. The second-order valence-electron chi connectivity index (χ2n) is 7.75. The van der Waals surface area contributed by atoms with Crippen molar-refractivity contribution in [3.05, 3.63) is 0 Å². The largest absolute Gasteiger partial charge is 0.351 e. The van der Waals surface area contributed by atoms with Gasteiger partial charge in [0.1, 0.15) is 16.5 Å². The van der Waals surface area contributed by atoms with Gasteiger partial charge in [0.05, 0.1) is 17.9 Å². The van der Waals surface area contributed by atoms with Gasteiger partial charge in [-0.25, -0.2) is 0 Å². The zero-order chi connectivity index (χ0) is 15.3. The van der Waals surface area contributed by atoms with Gasteiger partial charge >= 0.3 is 0 Å². The van der Waals surface area contributed by atoms with Crippen LogP contribution in [0.3, 0.4) is 0 Å². The second-order valence-corrected chi connectivity index (χ2v) is 24.8. The van der Waals surface area contributed by atoms with E-state index in [0.29, 0.717) is 0 Å². The van der Waals surface area contributed by atoms with Crippen LogP contribution < -0.4 is 0 Å². The van der Waals surface area contributed by atoms with E-state index in [-0.39, 0.29) is 17.1 Å². The fourth-order valence-corrected chi connectivity index (χ4v) is 13.9. The Labute approximate surface area is 139 Å². The molecule has 0 aromatic carbocycles. The van der Waals surface area contributed by atoms with Gasteiger partial charge in [-0.15, -0.1) is 0 Å². The van der Waals surface area contributed by atoms with Crippen LogP contribution in [0.15, 0.2) is 0 Å². The van der Waals surface area contributed by atoms with E-state index in [1.54, 1.807) is 0 Å². The van der Waals surface area contributed by atoms with Crippen LogP contribution in [-0.4, -0.2) is 56.9 Å². The van der Waals surface area contributed by atoms with E-state index >= 15 is 0 Å². The molecule has 0 saturated carbocycles. The van der Waals surface area contributed by atoms with E-state index in [9.17, 15) is 0 Å². The van der Waals surface area contributed by atoms with Gasteiger partial charge in [-0.3, -0.25) is 0 Å². The molecule has 0 saturated heterocycles. The Hall–Kier alpha value is 1.31. The van der Waals surface area contributed by atoms with Crippen LogP contribution in [0.5, 0.6) is 0 Å². The molecule has 0 aliphatic heterocycles. The predicted molar refractivity (Wildman–Crippen MR) is 100.0 cm³/mol. The van der Waals surface area contributed by atoms with Crippen molar-refractivity contribution >= 4 is 34.4 Å². The summed E-state index contributed by atoms with van der Waals surface area (Å²) in [5, 5.41) is 0. The fourth-order valence-electron chi connectivity index (χ4n) is 1.55. The first-order valence-electron chi connectivity index (χ1n) is 7.17. The molecule has 19 heavy (non-hydrogen) atoms. The Morgan fingerprint density at radius 2 is 0.737 bits per heavy atom. The average molecular weight is 379 g/mol. The Kier molecular flexibility index (Phi) is 13.4. The summed E-state index contributed by atoms with van der Waals surface area (Å²) in [7, 11) is 1.72. The van der Waals surface area contributed by atoms with Gasteiger partial charge in [-0.05, 0) is 14.1 Å². The molecule has 0 spiro atoms. The van der Waals surface area contributed by atoms with E-state index in [1.165, 1.54) is 0 Å². The molecule has 0 aliphatic rings. The zero-order valence-corrected chi connectivity index (χ0v) is 20.8. The molecule has 0 N–H and O–H groups in total. The van der Waals surface area contributed by atoms with E-state index in [2.05, 4.69) is 88.0 Å². The first-order valence-corrected chi connectivity index (χ1v) is 19.7. The Bertz CT molecular complexity index is 201. The van der Waals surface area contributed by atoms with Crippen molar-refractivity contribution in [1.29, 1.82) is 0 Å². The standard InChI is InChI=1S/2C6H19NSi2.Fe/c2*1-7(8(2)3)9(4,5)6;/h2*8H,1-6H3;. The monoisotopic (exact) mass is 378 g/mol. The molecule has 0 fully saturated rings. The molecule has 0 aliphatic carbocycles. The van der Waals surface area contributed by atoms with Gasteiger partial charge in [0.25, 0.3) is 0 Å². The predicted octanol–water partition coefficient (Wildman–Crippen LogP) is 3.47. The minimum absolute atomic E-state index is 0. The molecule has 0 rings (SSSR count). The van der Waals surface area contributed by atoms with E-state index in [0.717, 1.165) is 0 Å². The number of rotatable bonds is 4. The molecule has 0 unspecified atom stereocenters. The minimum atomic E-state index is -0.929. The summed E-state index contributed by atoms with van der Waals surface area (Å²) in [6.45, 7) is 24.0. The van der Waals surface area contributed by atoms with Crippen molar-refractivity contribution in [1.82, 2.24) is 8.46 Å². The first kappa shape index (κ1) is 25.3. The van der Waals surface area contributed by atoms with E-state index in [1.807, 2.05) is 0 Å². The molecule has 0 amide bonds. The molecular formula is C12H38FeN2Si4. The van der Waals surface area contributed by atoms with Gasteiger partial charge < -0.3 is 8.46 Å². The molecule has 0 atom stereocenters. The van der Waals surface area contributed by atoms with Crippen molar-refractivity contribution in [2.45, 2.75) is 65.5 Å². The van der Waals surface area contributed by atoms with Gasteiger partial charge in [0, 0.05) is 17.1 Å². The summed E-state index contributed by atoms with van der Waals surface area (Å²) in [5.74, 6) is 0. The molecule has 2 nitrogen and oxygen atoms in total. The second kappa shape index (κ2) is 10.1. The van der Waals surface area contributed by atoms with Gasteiger partial charge in [0.2, 0.25) is 0 Å². The van der Waals surface area contributed by atoms with Crippen LogP contribution in [0.25, 0.3) is 0 Å². The Balaban J connectivity index is -0.000000256. The quantitative estimate of drug-likeness (QED) is 0.691. The smallest absolute Gasteiger partial charge is 0.111 e. The van der Waals surface area contributed by atoms with Gasteiger partial charge in [-0.2, -0.15) is 0 Å². The first-order chi connectivity index (χ1) is 7.71. The number of hydrogen-bond donors (Lipinski definition) is 0. The third-order valence-corrected chi connectivity index (χ3v) is 18.7. The van der Waals surface area contributed by atoms with Crippen LogP contribution in [0.2, 0.25) is 65.5 Å². The third-order valence-electron chi connectivity index (χ3n) is 3.67. The summed E-state index contributed by atoms with van der Waals surface area (Å²) >= 11 is 0. The minimum Gasteiger partial charge on any atom is -0.351 e. The molecule has 7 heteroatoms. The van der Waals surface area contributed by atoms with E-state index in [4.69, 9.17) is 0 Å². The SMILES string of the molecule is CN([SiH](C)C)[Si](C)(C)C.CN([SiH](C)C)[Si](C)(C)C.[Fe]. The summed E-state index contributed by atoms with van der Waals surface area (Å²) in [4.78, 5) is 0. The van der Waals surface area contributed by atoms with Crippen molar-refractivity contribution in [2.75, 3.05) is 14.1 Å². The summed E-state index contributed by atoms with van der Waals surface area (Å²) in [6, 6.07) is 0. The Morgan fingerprint density at radius 1 is 0.579 bits per heavy atom. The maximum absolute atomic E-state index is 2.63. The van der Waals surface area contributed by atoms with Crippen LogP contribution in [-0.2, 0) is 17.1 Å². The van der Waals surface area contributed by atoms with Gasteiger partial charge in [0.15, 0.2) is 0 Å². The van der Waals surface area contributed by atoms with Crippen molar-refractivity contribution < 1.29 is 17.1 Å². The number of hydrogen-bond acceptors (Lipinski definition) is 2. The third kappa shape index (κ3) is 12.7. The maximum atomic E-state index is 2.63. The van der Waals surface area contributed by atoms with Crippen LogP contribution in [0.4, 0.5) is 0 Å². The molecule has 0 aromatic rings. The van der Waals surface area contributed by atoms with Crippen molar-refractivity contribution in [3.63, 3.8) is 0 Å². The van der Waals surface area contributed by atoms with Crippen molar-refractivity contribution in [2.24, 2.45) is 0 Å². The average Bonchev–Trinajstić information content (AvgIpc) is 2.13. The molecule has 120 valence electrons. The molecule has 0 aromatic heterocycles. The molecular weight excluding hydrogens is 340 g/mol. The zero-order valence-electron chi connectivity index (χ0n) is 15.4. The van der Waals surface area contributed by atoms with Crippen LogP contribution >= 0.6 is 0 Å². The normalized spacial score (nSPS) is 12.6. The molecule has 0 heterocycles. The molecule has 0 bridgehead atoms. The topological polar surface area (TPSA) is 6.48 Å². The van der Waals surface area contributed by atoms with Crippen LogP contribution in [0, 0.1) is 0 Å².